The molecule has 2 rings (SSSR count). The van der Waals surface area contributed by atoms with Crippen LogP contribution in [0.3, 0.4) is 0 Å². The zero-order chi connectivity index (χ0) is 17.7. The van der Waals surface area contributed by atoms with Crippen LogP contribution < -0.4 is 16.4 Å². The van der Waals surface area contributed by atoms with Crippen LogP contribution in [0.15, 0.2) is 0 Å². The van der Waals surface area contributed by atoms with Gasteiger partial charge < -0.3 is 21.3 Å². The highest BCUT2D eigenvalue weighted by Gasteiger charge is 2.40. The topological polar surface area (TPSA) is 105 Å². The van der Waals surface area contributed by atoms with E-state index in [0.717, 1.165) is 32.1 Å². The number of nitrogens with two attached hydrogens (primary N) is 1. The molecular weight excluding hydrogens is 308 g/mol. The van der Waals surface area contributed by atoms with E-state index in [9.17, 15) is 14.4 Å². The minimum atomic E-state index is -0.562. The van der Waals surface area contributed by atoms with Gasteiger partial charge >= 0.3 is 0 Å². The smallest absolute Gasteiger partial charge is 0.246 e. The molecule has 136 valence electrons. The van der Waals surface area contributed by atoms with Crippen molar-refractivity contribution < 1.29 is 14.4 Å². The van der Waals surface area contributed by atoms with E-state index in [2.05, 4.69) is 10.6 Å². The lowest BCUT2D eigenvalue weighted by Gasteiger charge is -2.34. The number of nitrogens with one attached hydrogen (secondary N) is 2. The van der Waals surface area contributed by atoms with Crippen molar-refractivity contribution >= 4 is 17.7 Å². The lowest BCUT2D eigenvalue weighted by Crippen LogP contribution is -2.57. The van der Waals surface area contributed by atoms with Crippen molar-refractivity contribution in [2.24, 2.45) is 11.7 Å². The van der Waals surface area contributed by atoms with Crippen molar-refractivity contribution in [3.8, 4) is 0 Å². The number of rotatable bonds is 6. The Morgan fingerprint density at radius 1 is 1.08 bits per heavy atom. The summed E-state index contributed by atoms with van der Waals surface area (Å²) in [6.45, 7) is 2.30. The molecule has 3 atom stereocenters. The van der Waals surface area contributed by atoms with Crippen LogP contribution in [0.4, 0.5) is 0 Å². The lowest BCUT2D eigenvalue weighted by atomic mass is 9.83. The number of primary amides is 1. The second kappa shape index (κ2) is 8.46. The molecule has 24 heavy (non-hydrogen) atoms. The van der Waals surface area contributed by atoms with Gasteiger partial charge in [-0.2, -0.15) is 0 Å². The SMILES string of the molecule is CN[C@@H](C)C(=O)N[C@@H](C(=O)N1CCC[C@H]1C(N)=O)C1CCCCC1. The predicted octanol–water partition coefficient (Wildman–Crippen LogP) is 0.136. The van der Waals surface area contributed by atoms with Crippen LogP contribution in [0.2, 0.25) is 0 Å². The normalized spacial score (nSPS) is 24.4. The van der Waals surface area contributed by atoms with E-state index in [0.29, 0.717) is 13.0 Å². The van der Waals surface area contributed by atoms with Gasteiger partial charge in [-0.3, -0.25) is 14.4 Å². The van der Waals surface area contributed by atoms with Crippen LogP contribution in [0.1, 0.15) is 51.9 Å². The van der Waals surface area contributed by atoms with E-state index in [1.54, 1.807) is 18.9 Å². The highest BCUT2D eigenvalue weighted by Crippen LogP contribution is 2.29. The molecule has 0 aromatic carbocycles. The molecule has 0 aromatic heterocycles. The van der Waals surface area contributed by atoms with Crippen LogP contribution >= 0.6 is 0 Å². The average molecular weight is 338 g/mol. The zero-order valence-electron chi connectivity index (χ0n) is 14.7. The predicted molar refractivity (Wildman–Crippen MR) is 91.0 cm³/mol. The molecule has 7 heteroatoms. The molecule has 1 aliphatic heterocycles. The van der Waals surface area contributed by atoms with Crippen LogP contribution in [0, 0.1) is 5.92 Å². The Hall–Kier alpha value is -1.63. The van der Waals surface area contributed by atoms with E-state index in [4.69, 9.17) is 5.73 Å². The van der Waals surface area contributed by atoms with Gasteiger partial charge in [0.05, 0.1) is 6.04 Å². The van der Waals surface area contributed by atoms with Gasteiger partial charge in [0, 0.05) is 6.54 Å². The van der Waals surface area contributed by atoms with Crippen LogP contribution in [-0.2, 0) is 14.4 Å². The Balaban J connectivity index is 2.15. The Morgan fingerprint density at radius 2 is 1.75 bits per heavy atom. The van der Waals surface area contributed by atoms with Crippen molar-refractivity contribution in [2.45, 2.75) is 70.0 Å². The first-order valence-corrected chi connectivity index (χ1v) is 9.03. The van der Waals surface area contributed by atoms with E-state index >= 15 is 0 Å². The second-order valence-electron chi connectivity index (χ2n) is 6.99. The average Bonchev–Trinajstić information content (AvgIpc) is 3.09. The number of nitrogens with zero attached hydrogens (tertiary/aromatic N) is 1. The van der Waals surface area contributed by atoms with Gasteiger partial charge in [0.1, 0.15) is 12.1 Å². The van der Waals surface area contributed by atoms with Crippen molar-refractivity contribution in [2.75, 3.05) is 13.6 Å². The van der Waals surface area contributed by atoms with Crippen molar-refractivity contribution in [3.63, 3.8) is 0 Å². The summed E-state index contributed by atoms with van der Waals surface area (Å²) in [5.41, 5.74) is 5.45. The summed E-state index contributed by atoms with van der Waals surface area (Å²) in [4.78, 5) is 38.6. The van der Waals surface area contributed by atoms with Crippen LogP contribution in [0.25, 0.3) is 0 Å². The summed E-state index contributed by atoms with van der Waals surface area (Å²) >= 11 is 0. The summed E-state index contributed by atoms with van der Waals surface area (Å²) in [5.74, 6) is -0.664. The molecule has 0 aromatic rings. The lowest BCUT2D eigenvalue weighted by molar-refractivity contribution is -0.142. The van der Waals surface area contributed by atoms with Crippen molar-refractivity contribution in [3.05, 3.63) is 0 Å². The van der Waals surface area contributed by atoms with Gasteiger partial charge in [0.25, 0.3) is 0 Å². The highest BCUT2D eigenvalue weighted by molar-refractivity contribution is 5.93. The number of amides is 3. The number of carbonyl (C=O) groups excluding carboxylic acids is 3. The Labute approximate surface area is 143 Å². The van der Waals surface area contributed by atoms with E-state index < -0.39 is 18.0 Å². The van der Waals surface area contributed by atoms with Crippen LogP contribution in [-0.4, -0.2) is 54.3 Å². The molecule has 1 heterocycles. The zero-order valence-corrected chi connectivity index (χ0v) is 14.7. The third-order valence-corrected chi connectivity index (χ3v) is 5.38. The van der Waals surface area contributed by atoms with Crippen molar-refractivity contribution in [1.29, 1.82) is 0 Å². The van der Waals surface area contributed by atoms with E-state index in [1.165, 1.54) is 6.42 Å². The summed E-state index contributed by atoms with van der Waals surface area (Å²) < 4.78 is 0. The minimum absolute atomic E-state index is 0.133. The van der Waals surface area contributed by atoms with Gasteiger partial charge in [0.15, 0.2) is 0 Å². The summed E-state index contributed by atoms with van der Waals surface area (Å²) in [6, 6.07) is -1.47. The van der Waals surface area contributed by atoms with Gasteiger partial charge in [-0.25, -0.2) is 0 Å². The summed E-state index contributed by atoms with van der Waals surface area (Å²) in [5, 5.41) is 5.83. The molecule has 3 amide bonds. The molecule has 1 saturated heterocycles. The summed E-state index contributed by atoms with van der Waals surface area (Å²) in [6.07, 6.45) is 6.57. The number of likely N-dealkylation sites (N-methyl/N-ethyl adjacent to an activating group) is 1. The van der Waals surface area contributed by atoms with Gasteiger partial charge in [-0.1, -0.05) is 19.3 Å². The van der Waals surface area contributed by atoms with E-state index in [-0.39, 0.29) is 23.8 Å². The quantitative estimate of drug-likeness (QED) is 0.640. The first-order chi connectivity index (χ1) is 11.5. The molecule has 2 aliphatic rings. The fourth-order valence-corrected chi connectivity index (χ4v) is 3.76. The van der Waals surface area contributed by atoms with Gasteiger partial charge in [0.2, 0.25) is 17.7 Å². The molecule has 4 N–H and O–H groups in total. The third kappa shape index (κ3) is 4.26. The Kier molecular flexibility index (Phi) is 6.60. The first-order valence-electron chi connectivity index (χ1n) is 9.03. The number of hydrogen-bond acceptors (Lipinski definition) is 4. The number of likely N-dealkylation sites (tertiary alicyclic amines) is 1. The highest BCUT2D eigenvalue weighted by atomic mass is 16.2. The molecular formula is C17H30N4O3. The molecule has 0 unspecified atom stereocenters. The molecule has 0 bridgehead atoms. The van der Waals surface area contributed by atoms with Gasteiger partial charge in [-0.15, -0.1) is 0 Å². The fraction of sp³-hybridized carbons (Fsp3) is 0.824. The number of carbonyl (C=O) groups is 3. The van der Waals surface area contributed by atoms with E-state index in [1.807, 2.05) is 0 Å². The Bertz CT molecular complexity index is 476. The molecule has 1 saturated carbocycles. The largest absolute Gasteiger partial charge is 0.368 e. The number of hydrogen-bond donors (Lipinski definition) is 3. The fourth-order valence-electron chi connectivity index (χ4n) is 3.76. The molecule has 7 nitrogen and oxygen atoms in total. The molecule has 0 spiro atoms. The maximum Gasteiger partial charge on any atom is 0.246 e. The second-order valence-corrected chi connectivity index (χ2v) is 6.99. The molecule has 2 fully saturated rings. The third-order valence-electron chi connectivity index (χ3n) is 5.38. The Morgan fingerprint density at radius 3 is 2.33 bits per heavy atom. The van der Waals surface area contributed by atoms with Crippen molar-refractivity contribution in [1.82, 2.24) is 15.5 Å². The molecule has 1 aliphatic carbocycles. The maximum atomic E-state index is 13.1. The minimum Gasteiger partial charge on any atom is -0.368 e. The maximum absolute atomic E-state index is 13.1. The standard InChI is InChI=1S/C17H30N4O3/c1-11(19-2)16(23)20-14(12-7-4-3-5-8-12)17(24)21-10-6-9-13(21)15(18)22/h11-14,19H,3-10H2,1-2H3,(H2,18,22)(H,20,23)/t11-,13-,14+/m0/s1. The van der Waals surface area contributed by atoms with Crippen LogP contribution in [0.5, 0.6) is 0 Å². The summed E-state index contributed by atoms with van der Waals surface area (Å²) in [7, 11) is 1.71. The first kappa shape index (κ1) is 18.7. The monoisotopic (exact) mass is 338 g/mol. The van der Waals surface area contributed by atoms with Gasteiger partial charge in [-0.05, 0) is 45.6 Å². The molecule has 0 radical (unpaired) electrons.